The third kappa shape index (κ3) is 5.48. The van der Waals surface area contributed by atoms with Crippen LogP contribution in [0.4, 0.5) is 14.5 Å². The van der Waals surface area contributed by atoms with Gasteiger partial charge in [-0.1, -0.05) is 23.7 Å². The van der Waals surface area contributed by atoms with E-state index in [4.69, 9.17) is 16.3 Å². The maximum Gasteiger partial charge on any atom is 0.331 e. The minimum absolute atomic E-state index is 0.112. The summed E-state index contributed by atoms with van der Waals surface area (Å²) >= 11 is 5.70. The second-order valence-electron chi connectivity index (χ2n) is 4.67. The average molecular weight is 352 g/mol. The molecule has 0 unspecified atom stereocenters. The van der Waals surface area contributed by atoms with Crippen molar-refractivity contribution in [1.29, 1.82) is 0 Å². The molecular weight excluding hydrogens is 340 g/mol. The molecule has 0 spiro atoms. The summed E-state index contributed by atoms with van der Waals surface area (Å²) in [5.41, 5.74) is 0.358. The Hall–Kier alpha value is -2.73. The number of carbonyl (C=O) groups is 2. The van der Waals surface area contributed by atoms with Gasteiger partial charge in [-0.3, -0.25) is 4.79 Å². The van der Waals surface area contributed by atoms with Crippen molar-refractivity contribution in [3.63, 3.8) is 0 Å². The standard InChI is InChI=1S/C17H12ClF2NO3/c18-12-5-6-14(20)15(9-12)21-16(22)10-24-17(23)7-4-11-2-1-3-13(19)8-11/h1-9H,10H2,(H,21,22)/b7-4+. The van der Waals surface area contributed by atoms with E-state index in [1.807, 2.05) is 0 Å². The van der Waals surface area contributed by atoms with Crippen LogP contribution in [0.3, 0.4) is 0 Å². The van der Waals surface area contributed by atoms with E-state index in [0.717, 1.165) is 12.1 Å². The third-order valence-electron chi connectivity index (χ3n) is 2.81. The topological polar surface area (TPSA) is 55.4 Å². The number of nitrogens with one attached hydrogen (secondary N) is 1. The number of benzene rings is 2. The fourth-order valence-corrected chi connectivity index (χ4v) is 1.91. The molecule has 124 valence electrons. The van der Waals surface area contributed by atoms with Crippen LogP contribution in [0.5, 0.6) is 0 Å². The molecule has 0 heterocycles. The zero-order valence-corrected chi connectivity index (χ0v) is 13.0. The van der Waals surface area contributed by atoms with E-state index in [1.54, 1.807) is 6.07 Å². The van der Waals surface area contributed by atoms with Crippen LogP contribution in [-0.2, 0) is 14.3 Å². The lowest BCUT2D eigenvalue weighted by Crippen LogP contribution is -2.20. The fourth-order valence-electron chi connectivity index (χ4n) is 1.74. The molecule has 0 aliphatic heterocycles. The molecule has 24 heavy (non-hydrogen) atoms. The van der Waals surface area contributed by atoms with Crippen LogP contribution in [0, 0.1) is 11.6 Å². The molecule has 1 amide bonds. The first-order chi connectivity index (χ1) is 11.4. The summed E-state index contributed by atoms with van der Waals surface area (Å²) < 4.78 is 31.1. The first-order valence-electron chi connectivity index (χ1n) is 6.79. The predicted molar refractivity (Wildman–Crippen MR) is 86.4 cm³/mol. The van der Waals surface area contributed by atoms with E-state index < -0.39 is 30.1 Å². The van der Waals surface area contributed by atoms with E-state index in [2.05, 4.69) is 5.32 Å². The van der Waals surface area contributed by atoms with Crippen molar-refractivity contribution in [3.8, 4) is 0 Å². The normalized spacial score (nSPS) is 10.6. The number of hydrogen-bond acceptors (Lipinski definition) is 3. The zero-order chi connectivity index (χ0) is 17.5. The summed E-state index contributed by atoms with van der Waals surface area (Å²) in [6, 6.07) is 9.28. The Balaban J connectivity index is 1.85. The average Bonchev–Trinajstić information content (AvgIpc) is 2.54. The van der Waals surface area contributed by atoms with Gasteiger partial charge in [0, 0.05) is 11.1 Å². The molecule has 0 bridgehead atoms. The SMILES string of the molecule is O=C(COC(=O)/C=C/c1cccc(F)c1)Nc1cc(Cl)ccc1F. The van der Waals surface area contributed by atoms with Crippen LogP contribution in [0.15, 0.2) is 48.5 Å². The highest BCUT2D eigenvalue weighted by Crippen LogP contribution is 2.19. The quantitative estimate of drug-likeness (QED) is 0.658. The van der Waals surface area contributed by atoms with Gasteiger partial charge in [-0.2, -0.15) is 0 Å². The Bertz CT molecular complexity index is 793. The largest absolute Gasteiger partial charge is 0.452 e. The Morgan fingerprint density at radius 3 is 2.71 bits per heavy atom. The predicted octanol–water partition coefficient (Wildman–Crippen LogP) is 3.81. The molecule has 0 aromatic heterocycles. The van der Waals surface area contributed by atoms with E-state index in [-0.39, 0.29) is 10.7 Å². The molecular formula is C17H12ClF2NO3. The van der Waals surface area contributed by atoms with Crippen LogP contribution in [0.1, 0.15) is 5.56 Å². The molecule has 7 heteroatoms. The summed E-state index contributed by atoms with van der Waals surface area (Å²) in [5.74, 6) is -2.61. The Morgan fingerprint density at radius 2 is 1.96 bits per heavy atom. The molecule has 0 radical (unpaired) electrons. The van der Waals surface area contributed by atoms with Gasteiger partial charge < -0.3 is 10.1 Å². The summed E-state index contributed by atoms with van der Waals surface area (Å²) in [6.45, 7) is -0.599. The lowest BCUT2D eigenvalue weighted by molar-refractivity contribution is -0.142. The maximum absolute atomic E-state index is 13.4. The molecule has 2 aromatic rings. The molecule has 0 saturated heterocycles. The monoisotopic (exact) mass is 351 g/mol. The van der Waals surface area contributed by atoms with Gasteiger partial charge in [-0.05, 0) is 42.0 Å². The van der Waals surface area contributed by atoms with Crippen molar-refractivity contribution in [3.05, 3.63) is 70.8 Å². The van der Waals surface area contributed by atoms with Gasteiger partial charge in [0.2, 0.25) is 0 Å². The molecule has 4 nitrogen and oxygen atoms in total. The summed E-state index contributed by atoms with van der Waals surface area (Å²) in [5, 5.41) is 2.49. The van der Waals surface area contributed by atoms with Gasteiger partial charge >= 0.3 is 5.97 Å². The number of halogens is 3. The molecule has 2 rings (SSSR count). The van der Waals surface area contributed by atoms with Crippen LogP contribution in [-0.4, -0.2) is 18.5 Å². The number of rotatable bonds is 5. The lowest BCUT2D eigenvalue weighted by Gasteiger charge is -2.06. The van der Waals surface area contributed by atoms with Crippen LogP contribution < -0.4 is 5.32 Å². The second-order valence-corrected chi connectivity index (χ2v) is 5.10. The molecule has 0 aliphatic rings. The van der Waals surface area contributed by atoms with E-state index in [1.165, 1.54) is 36.4 Å². The Morgan fingerprint density at radius 1 is 1.17 bits per heavy atom. The molecule has 0 saturated carbocycles. The van der Waals surface area contributed by atoms with Gasteiger partial charge in [-0.15, -0.1) is 0 Å². The Labute approximate surface area is 141 Å². The summed E-state index contributed by atoms with van der Waals surface area (Å²) in [4.78, 5) is 23.1. The van der Waals surface area contributed by atoms with Gasteiger partial charge in [0.1, 0.15) is 11.6 Å². The third-order valence-corrected chi connectivity index (χ3v) is 3.04. The van der Waals surface area contributed by atoms with Gasteiger partial charge in [-0.25, -0.2) is 13.6 Å². The van der Waals surface area contributed by atoms with Crippen molar-refractivity contribution in [2.75, 3.05) is 11.9 Å². The van der Waals surface area contributed by atoms with E-state index in [9.17, 15) is 18.4 Å². The molecule has 0 atom stereocenters. The first-order valence-corrected chi connectivity index (χ1v) is 7.17. The van der Waals surface area contributed by atoms with E-state index in [0.29, 0.717) is 5.56 Å². The first kappa shape index (κ1) is 17.6. The number of esters is 1. The van der Waals surface area contributed by atoms with Crippen LogP contribution in [0.25, 0.3) is 6.08 Å². The fraction of sp³-hybridized carbons (Fsp3) is 0.0588. The minimum Gasteiger partial charge on any atom is -0.452 e. The van der Waals surface area contributed by atoms with Gasteiger partial charge in [0.15, 0.2) is 6.61 Å². The number of amides is 1. The second kappa shape index (κ2) is 8.21. The highest BCUT2D eigenvalue weighted by Gasteiger charge is 2.09. The van der Waals surface area contributed by atoms with Crippen molar-refractivity contribution in [1.82, 2.24) is 0 Å². The maximum atomic E-state index is 13.4. The van der Waals surface area contributed by atoms with Crippen LogP contribution >= 0.6 is 11.6 Å². The van der Waals surface area contributed by atoms with Crippen molar-refractivity contribution >= 4 is 35.2 Å². The lowest BCUT2D eigenvalue weighted by atomic mass is 10.2. The minimum atomic E-state index is -0.791. The van der Waals surface area contributed by atoms with Crippen LogP contribution in [0.2, 0.25) is 5.02 Å². The molecule has 1 N–H and O–H groups in total. The summed E-state index contributed by atoms with van der Waals surface area (Å²) in [6.07, 6.45) is 2.40. The smallest absolute Gasteiger partial charge is 0.331 e. The Kier molecular flexibility index (Phi) is 6.03. The number of ether oxygens (including phenoxy) is 1. The zero-order valence-electron chi connectivity index (χ0n) is 12.3. The molecule has 0 fully saturated rings. The van der Waals surface area contributed by atoms with Gasteiger partial charge in [0.05, 0.1) is 5.69 Å². The highest BCUT2D eigenvalue weighted by atomic mass is 35.5. The molecule has 0 aliphatic carbocycles. The van der Waals surface area contributed by atoms with Gasteiger partial charge in [0.25, 0.3) is 5.91 Å². The van der Waals surface area contributed by atoms with Crippen molar-refractivity contribution < 1.29 is 23.1 Å². The number of anilines is 1. The highest BCUT2D eigenvalue weighted by molar-refractivity contribution is 6.30. The molecule has 2 aromatic carbocycles. The van der Waals surface area contributed by atoms with Crippen molar-refractivity contribution in [2.24, 2.45) is 0 Å². The summed E-state index contributed by atoms with van der Waals surface area (Å²) in [7, 11) is 0. The van der Waals surface area contributed by atoms with E-state index >= 15 is 0 Å². The number of carbonyl (C=O) groups excluding carboxylic acids is 2. The number of hydrogen-bond donors (Lipinski definition) is 1. The van der Waals surface area contributed by atoms with Crippen molar-refractivity contribution in [2.45, 2.75) is 0 Å².